The molecule has 3 aromatic rings. The molecule has 32 heavy (non-hydrogen) atoms. The van der Waals surface area contributed by atoms with Crippen LogP contribution in [0.2, 0.25) is 0 Å². The fourth-order valence-corrected chi connectivity index (χ4v) is 3.92. The van der Waals surface area contributed by atoms with Gasteiger partial charge in [0.05, 0.1) is 16.6 Å². The summed E-state index contributed by atoms with van der Waals surface area (Å²) >= 11 is 0. The maximum absolute atomic E-state index is 13.1. The Morgan fingerprint density at radius 1 is 0.969 bits per heavy atom. The first-order valence-corrected chi connectivity index (χ1v) is 10.6. The van der Waals surface area contributed by atoms with Gasteiger partial charge in [0, 0.05) is 43.3 Å². The van der Waals surface area contributed by atoms with Crippen molar-refractivity contribution in [1.82, 2.24) is 10.3 Å². The average Bonchev–Trinajstić information content (AvgIpc) is 2.77. The summed E-state index contributed by atoms with van der Waals surface area (Å²) in [6, 6.07) is 14.8. The van der Waals surface area contributed by atoms with Gasteiger partial charge < -0.3 is 15.1 Å². The van der Waals surface area contributed by atoms with Crippen LogP contribution in [0.1, 0.15) is 29.8 Å². The molecule has 0 atom stereocenters. The summed E-state index contributed by atoms with van der Waals surface area (Å²) in [5.41, 5.74) is 1.22. The zero-order valence-electron chi connectivity index (χ0n) is 18.0. The van der Waals surface area contributed by atoms with Crippen molar-refractivity contribution in [3.8, 4) is 0 Å². The second kappa shape index (κ2) is 8.68. The monoisotopic (exact) mass is 442 g/mol. The number of hydrogen-bond donors (Lipinski definition) is 1. The van der Waals surface area contributed by atoms with E-state index >= 15 is 0 Å². The van der Waals surface area contributed by atoms with E-state index in [1.54, 1.807) is 12.1 Å². The van der Waals surface area contributed by atoms with E-state index in [0.29, 0.717) is 43.2 Å². The van der Waals surface area contributed by atoms with Gasteiger partial charge in [0.1, 0.15) is 5.82 Å². The summed E-state index contributed by atoms with van der Waals surface area (Å²) in [6.07, 6.45) is -4.36. The highest BCUT2D eigenvalue weighted by Gasteiger charge is 2.31. The second-order valence-electron chi connectivity index (χ2n) is 8.20. The smallest absolute Gasteiger partial charge is 0.368 e. The lowest BCUT2D eigenvalue weighted by molar-refractivity contribution is -0.137. The van der Waals surface area contributed by atoms with Crippen molar-refractivity contribution in [1.29, 1.82) is 0 Å². The Labute approximate surface area is 184 Å². The Kier molecular flexibility index (Phi) is 5.95. The fraction of sp³-hybridized carbons (Fsp3) is 0.333. The molecule has 1 fully saturated rings. The Morgan fingerprint density at radius 2 is 1.66 bits per heavy atom. The second-order valence-corrected chi connectivity index (χ2v) is 8.20. The number of amides is 1. The van der Waals surface area contributed by atoms with Gasteiger partial charge in [-0.25, -0.2) is 4.98 Å². The number of fused-ring (bicyclic) bond motifs is 1. The zero-order chi connectivity index (χ0) is 22.9. The molecule has 2 heterocycles. The first-order chi connectivity index (χ1) is 15.2. The van der Waals surface area contributed by atoms with Gasteiger partial charge in [-0.15, -0.1) is 0 Å². The van der Waals surface area contributed by atoms with Crippen LogP contribution < -0.4 is 15.1 Å². The molecule has 1 aromatic heterocycles. The van der Waals surface area contributed by atoms with E-state index in [1.807, 2.05) is 43.0 Å². The van der Waals surface area contributed by atoms with E-state index < -0.39 is 11.7 Å². The van der Waals surface area contributed by atoms with Crippen molar-refractivity contribution in [3.63, 3.8) is 0 Å². The molecule has 0 spiro atoms. The first-order valence-electron chi connectivity index (χ1n) is 10.6. The van der Waals surface area contributed by atoms with Crippen molar-refractivity contribution >= 4 is 28.3 Å². The normalized spacial score (nSPS) is 14.8. The number of nitrogens with one attached hydrogen (secondary N) is 1. The van der Waals surface area contributed by atoms with E-state index in [-0.39, 0.29) is 11.9 Å². The first kappa shape index (κ1) is 21.9. The number of piperazine rings is 1. The van der Waals surface area contributed by atoms with Gasteiger partial charge in [-0.1, -0.05) is 24.3 Å². The van der Waals surface area contributed by atoms with Crippen molar-refractivity contribution in [2.75, 3.05) is 36.0 Å². The molecule has 0 saturated carbocycles. The van der Waals surface area contributed by atoms with Crippen LogP contribution >= 0.6 is 0 Å². The van der Waals surface area contributed by atoms with Gasteiger partial charge in [-0.2, -0.15) is 13.2 Å². The molecule has 1 N–H and O–H groups in total. The van der Waals surface area contributed by atoms with Crippen molar-refractivity contribution in [2.45, 2.75) is 26.1 Å². The van der Waals surface area contributed by atoms with Crippen LogP contribution in [0.5, 0.6) is 0 Å². The molecular formula is C24H25F3N4O. The van der Waals surface area contributed by atoms with Crippen LogP contribution in [0.15, 0.2) is 54.6 Å². The van der Waals surface area contributed by atoms with Crippen LogP contribution in [0, 0.1) is 0 Å². The molecule has 1 aliphatic rings. The highest BCUT2D eigenvalue weighted by Crippen LogP contribution is 2.32. The predicted molar refractivity (Wildman–Crippen MR) is 120 cm³/mol. The molecule has 1 aliphatic heterocycles. The number of nitrogens with zero attached hydrogens (tertiary/aromatic N) is 3. The Balaban J connectivity index is 1.56. The molecular weight excluding hydrogens is 417 g/mol. The van der Waals surface area contributed by atoms with Gasteiger partial charge in [-0.05, 0) is 44.2 Å². The fourth-order valence-electron chi connectivity index (χ4n) is 3.92. The molecule has 168 valence electrons. The summed E-state index contributed by atoms with van der Waals surface area (Å²) < 4.78 is 39.2. The van der Waals surface area contributed by atoms with Crippen LogP contribution in [0.3, 0.4) is 0 Å². The van der Waals surface area contributed by atoms with E-state index in [2.05, 4.69) is 10.2 Å². The zero-order valence-corrected chi connectivity index (χ0v) is 18.0. The number of carbonyl (C=O) groups is 1. The summed E-state index contributed by atoms with van der Waals surface area (Å²) in [6.45, 7) is 6.12. The third-order valence-corrected chi connectivity index (χ3v) is 5.51. The summed E-state index contributed by atoms with van der Waals surface area (Å²) in [5.74, 6) is 0.545. The molecule has 0 unspecified atom stereocenters. The third-order valence-electron chi connectivity index (χ3n) is 5.51. The van der Waals surface area contributed by atoms with Crippen LogP contribution in [-0.4, -0.2) is 43.1 Å². The van der Waals surface area contributed by atoms with E-state index in [4.69, 9.17) is 4.98 Å². The number of pyridine rings is 1. The molecule has 1 saturated heterocycles. The van der Waals surface area contributed by atoms with E-state index in [9.17, 15) is 18.0 Å². The number of para-hydroxylation sites is 1. The third kappa shape index (κ3) is 4.64. The molecule has 1 amide bonds. The molecule has 0 radical (unpaired) electrons. The maximum atomic E-state index is 13.1. The molecule has 0 bridgehead atoms. The van der Waals surface area contributed by atoms with Crippen molar-refractivity contribution < 1.29 is 18.0 Å². The molecule has 0 aliphatic carbocycles. The van der Waals surface area contributed by atoms with Gasteiger partial charge in [0.2, 0.25) is 0 Å². The van der Waals surface area contributed by atoms with E-state index in [0.717, 1.165) is 17.0 Å². The SMILES string of the molecule is CC(C)NC(=O)c1cc(N2CCN(c3cccc(C(F)(F)F)c3)CC2)nc2ccccc12. The Morgan fingerprint density at radius 3 is 2.34 bits per heavy atom. The highest BCUT2D eigenvalue weighted by atomic mass is 19.4. The predicted octanol–water partition coefficient (Wildman–Crippen LogP) is 4.72. The number of rotatable bonds is 4. The molecule has 4 rings (SSSR count). The van der Waals surface area contributed by atoms with Gasteiger partial charge in [0.15, 0.2) is 0 Å². The van der Waals surface area contributed by atoms with Crippen LogP contribution in [0.25, 0.3) is 10.9 Å². The number of carbonyl (C=O) groups excluding carboxylic acids is 1. The van der Waals surface area contributed by atoms with Crippen LogP contribution in [0.4, 0.5) is 24.7 Å². The quantitative estimate of drug-likeness (QED) is 0.635. The number of hydrogen-bond acceptors (Lipinski definition) is 4. The number of benzene rings is 2. The minimum Gasteiger partial charge on any atom is -0.368 e. The minimum absolute atomic E-state index is 0.00823. The van der Waals surface area contributed by atoms with Crippen molar-refractivity contribution in [2.24, 2.45) is 0 Å². The lowest BCUT2D eigenvalue weighted by Crippen LogP contribution is -2.47. The topological polar surface area (TPSA) is 48.5 Å². The lowest BCUT2D eigenvalue weighted by Gasteiger charge is -2.37. The van der Waals surface area contributed by atoms with E-state index in [1.165, 1.54) is 12.1 Å². The summed E-state index contributed by atoms with van der Waals surface area (Å²) in [7, 11) is 0. The number of alkyl halides is 3. The lowest BCUT2D eigenvalue weighted by atomic mass is 10.1. The summed E-state index contributed by atoms with van der Waals surface area (Å²) in [5, 5.41) is 3.73. The maximum Gasteiger partial charge on any atom is 0.416 e. The molecule has 8 heteroatoms. The van der Waals surface area contributed by atoms with Crippen LogP contribution in [-0.2, 0) is 6.18 Å². The van der Waals surface area contributed by atoms with Gasteiger partial charge in [-0.3, -0.25) is 4.79 Å². The van der Waals surface area contributed by atoms with Gasteiger partial charge >= 0.3 is 6.18 Å². The standard InChI is InChI=1S/C24H25F3N4O/c1-16(2)28-23(32)20-15-22(29-21-9-4-3-8-19(20)21)31-12-10-30(11-13-31)18-7-5-6-17(14-18)24(25,26)27/h3-9,14-16H,10-13H2,1-2H3,(H,28,32). The molecule has 2 aromatic carbocycles. The average molecular weight is 442 g/mol. The Bertz CT molecular complexity index is 1120. The minimum atomic E-state index is -4.36. The highest BCUT2D eigenvalue weighted by molar-refractivity contribution is 6.07. The number of anilines is 2. The van der Waals surface area contributed by atoms with Gasteiger partial charge in [0.25, 0.3) is 5.91 Å². The summed E-state index contributed by atoms with van der Waals surface area (Å²) in [4.78, 5) is 21.6. The number of aromatic nitrogens is 1. The molecule has 5 nitrogen and oxygen atoms in total. The Hall–Kier alpha value is -3.29. The largest absolute Gasteiger partial charge is 0.416 e. The van der Waals surface area contributed by atoms with Crippen molar-refractivity contribution in [3.05, 3.63) is 65.7 Å². The number of halogens is 3.